The van der Waals surface area contributed by atoms with Crippen LogP contribution in [-0.4, -0.2) is 22.1 Å². The SMILES string of the molecule is CCOC(=O)c1sc2[nH]c(=O)n(CC#N)c(=O)c2c1C. The lowest BCUT2D eigenvalue weighted by Gasteiger charge is -2.00. The Hall–Kier alpha value is -2.40. The second kappa shape index (κ2) is 5.30. The summed E-state index contributed by atoms with van der Waals surface area (Å²) in [5.41, 5.74) is -0.785. The fourth-order valence-corrected chi connectivity index (χ4v) is 2.94. The van der Waals surface area contributed by atoms with Gasteiger partial charge in [-0.1, -0.05) is 0 Å². The van der Waals surface area contributed by atoms with Crippen molar-refractivity contribution in [1.29, 1.82) is 5.26 Å². The average molecular weight is 293 g/mol. The van der Waals surface area contributed by atoms with Crippen LogP contribution in [0.2, 0.25) is 0 Å². The second-order valence-corrected chi connectivity index (χ2v) is 4.98. The summed E-state index contributed by atoms with van der Waals surface area (Å²) in [7, 11) is 0. The van der Waals surface area contributed by atoms with Crippen LogP contribution in [0.1, 0.15) is 22.2 Å². The largest absolute Gasteiger partial charge is 0.462 e. The molecule has 0 saturated carbocycles. The van der Waals surface area contributed by atoms with Crippen molar-refractivity contribution in [3.8, 4) is 6.07 Å². The highest BCUT2D eigenvalue weighted by atomic mass is 32.1. The van der Waals surface area contributed by atoms with Gasteiger partial charge in [-0.05, 0) is 19.4 Å². The van der Waals surface area contributed by atoms with Gasteiger partial charge in [0.15, 0.2) is 0 Å². The summed E-state index contributed by atoms with van der Waals surface area (Å²) >= 11 is 1.00. The van der Waals surface area contributed by atoms with Crippen molar-refractivity contribution < 1.29 is 9.53 Å². The molecule has 104 valence electrons. The van der Waals surface area contributed by atoms with Gasteiger partial charge in [-0.15, -0.1) is 11.3 Å². The summed E-state index contributed by atoms with van der Waals surface area (Å²) in [6.45, 7) is 3.18. The maximum absolute atomic E-state index is 12.2. The number of carbonyl (C=O) groups excluding carboxylic acids is 1. The van der Waals surface area contributed by atoms with Gasteiger partial charge in [0.05, 0.1) is 18.1 Å². The zero-order chi connectivity index (χ0) is 14.9. The van der Waals surface area contributed by atoms with Gasteiger partial charge in [0.2, 0.25) is 0 Å². The van der Waals surface area contributed by atoms with Crippen molar-refractivity contribution in [1.82, 2.24) is 9.55 Å². The number of hydrogen-bond acceptors (Lipinski definition) is 6. The fourth-order valence-electron chi connectivity index (χ4n) is 1.86. The molecular weight excluding hydrogens is 282 g/mol. The van der Waals surface area contributed by atoms with E-state index in [0.717, 1.165) is 15.9 Å². The Balaban J connectivity index is 2.77. The minimum atomic E-state index is -0.666. The highest BCUT2D eigenvalue weighted by Crippen LogP contribution is 2.26. The van der Waals surface area contributed by atoms with Crippen LogP contribution in [0.5, 0.6) is 0 Å². The average Bonchev–Trinajstić information content (AvgIpc) is 2.72. The number of aromatic amines is 1. The zero-order valence-electron chi connectivity index (χ0n) is 10.8. The molecule has 0 atom stereocenters. The molecule has 7 nitrogen and oxygen atoms in total. The van der Waals surface area contributed by atoms with Gasteiger partial charge in [0, 0.05) is 0 Å². The van der Waals surface area contributed by atoms with Crippen LogP contribution < -0.4 is 11.2 Å². The number of aromatic nitrogens is 2. The van der Waals surface area contributed by atoms with Crippen molar-refractivity contribution in [2.45, 2.75) is 20.4 Å². The van der Waals surface area contributed by atoms with E-state index in [1.807, 2.05) is 0 Å². The van der Waals surface area contributed by atoms with E-state index < -0.39 is 17.2 Å². The van der Waals surface area contributed by atoms with Gasteiger partial charge >= 0.3 is 11.7 Å². The van der Waals surface area contributed by atoms with Crippen molar-refractivity contribution in [3.05, 3.63) is 31.3 Å². The van der Waals surface area contributed by atoms with Gasteiger partial charge < -0.3 is 4.74 Å². The molecule has 20 heavy (non-hydrogen) atoms. The Kier molecular flexibility index (Phi) is 3.72. The molecule has 0 spiro atoms. The first-order valence-corrected chi connectivity index (χ1v) is 6.63. The summed E-state index contributed by atoms with van der Waals surface area (Å²) in [6, 6.07) is 1.75. The first-order chi connectivity index (χ1) is 9.51. The van der Waals surface area contributed by atoms with Crippen LogP contribution in [0, 0.1) is 18.3 Å². The van der Waals surface area contributed by atoms with Gasteiger partial charge in [-0.3, -0.25) is 9.78 Å². The van der Waals surface area contributed by atoms with Gasteiger partial charge in [-0.2, -0.15) is 5.26 Å². The number of aryl methyl sites for hydroxylation is 1. The Morgan fingerprint density at radius 3 is 2.80 bits per heavy atom. The number of nitriles is 1. The van der Waals surface area contributed by atoms with Crippen LogP contribution >= 0.6 is 11.3 Å². The quantitative estimate of drug-likeness (QED) is 0.841. The molecule has 2 rings (SSSR count). The molecular formula is C12H11N3O4S. The van der Waals surface area contributed by atoms with Gasteiger partial charge in [0.25, 0.3) is 5.56 Å². The highest BCUT2D eigenvalue weighted by Gasteiger charge is 2.20. The zero-order valence-corrected chi connectivity index (χ0v) is 11.7. The number of fused-ring (bicyclic) bond motifs is 1. The number of carbonyl (C=O) groups is 1. The van der Waals surface area contributed by atoms with E-state index in [1.54, 1.807) is 19.9 Å². The maximum Gasteiger partial charge on any atom is 0.348 e. The third-order valence-electron chi connectivity index (χ3n) is 2.76. The molecule has 2 aromatic heterocycles. The predicted octanol–water partition coefficient (Wildman–Crippen LogP) is 0.760. The first-order valence-electron chi connectivity index (χ1n) is 5.81. The normalized spacial score (nSPS) is 10.4. The smallest absolute Gasteiger partial charge is 0.348 e. The Morgan fingerprint density at radius 2 is 2.20 bits per heavy atom. The third kappa shape index (κ3) is 2.12. The molecule has 2 aromatic rings. The number of thiophene rings is 1. The number of nitrogens with one attached hydrogen (secondary N) is 1. The summed E-state index contributed by atoms with van der Waals surface area (Å²) in [4.78, 5) is 38.8. The van der Waals surface area contributed by atoms with E-state index in [1.165, 1.54) is 0 Å². The molecule has 2 heterocycles. The molecule has 0 aliphatic rings. The first kappa shape index (κ1) is 14.0. The molecule has 0 aromatic carbocycles. The molecule has 8 heteroatoms. The predicted molar refractivity (Wildman–Crippen MR) is 73.0 cm³/mol. The minimum absolute atomic E-state index is 0.224. The number of H-pyrrole nitrogens is 1. The van der Waals surface area contributed by atoms with Crippen molar-refractivity contribution in [3.63, 3.8) is 0 Å². The maximum atomic E-state index is 12.2. The molecule has 0 radical (unpaired) electrons. The number of rotatable bonds is 3. The number of hydrogen-bond donors (Lipinski definition) is 1. The van der Waals surface area contributed by atoms with Crippen molar-refractivity contribution in [2.24, 2.45) is 0 Å². The van der Waals surface area contributed by atoms with Crippen LogP contribution in [0.3, 0.4) is 0 Å². The molecule has 0 saturated heterocycles. The van der Waals surface area contributed by atoms with Crippen LogP contribution in [-0.2, 0) is 11.3 Å². The van der Waals surface area contributed by atoms with Gasteiger partial charge in [-0.25, -0.2) is 14.2 Å². The topological polar surface area (TPSA) is 105 Å². The van der Waals surface area contributed by atoms with Crippen molar-refractivity contribution >= 4 is 27.5 Å². The molecule has 0 bridgehead atoms. The Morgan fingerprint density at radius 1 is 1.50 bits per heavy atom. The van der Waals surface area contributed by atoms with E-state index >= 15 is 0 Å². The molecule has 0 aliphatic carbocycles. The highest BCUT2D eigenvalue weighted by molar-refractivity contribution is 7.20. The van der Waals surface area contributed by atoms with E-state index in [-0.39, 0.29) is 23.4 Å². The number of esters is 1. The van der Waals surface area contributed by atoms with E-state index in [0.29, 0.717) is 10.4 Å². The summed E-state index contributed by atoms with van der Waals surface area (Å²) < 4.78 is 5.71. The summed E-state index contributed by atoms with van der Waals surface area (Å²) in [5.74, 6) is -0.529. The Labute approximate surface area is 117 Å². The number of ether oxygens (including phenoxy) is 1. The molecule has 0 unspecified atom stereocenters. The third-order valence-corrected chi connectivity index (χ3v) is 3.95. The standard InChI is InChI=1S/C12H11N3O4S/c1-3-19-11(17)8-6(2)7-9(20-8)14-12(18)15(5-4-13)10(7)16/h3,5H2,1-2H3,(H,14,18). The van der Waals surface area contributed by atoms with Crippen LogP contribution in [0.15, 0.2) is 9.59 Å². The lowest BCUT2D eigenvalue weighted by Crippen LogP contribution is -2.34. The van der Waals surface area contributed by atoms with Gasteiger partial charge in [0.1, 0.15) is 16.3 Å². The van der Waals surface area contributed by atoms with E-state index in [9.17, 15) is 14.4 Å². The monoisotopic (exact) mass is 293 g/mol. The molecule has 1 N–H and O–H groups in total. The molecule has 0 aliphatic heterocycles. The fraction of sp³-hybridized carbons (Fsp3) is 0.333. The number of nitrogens with zero attached hydrogens (tertiary/aromatic N) is 2. The summed E-state index contributed by atoms with van der Waals surface area (Å²) in [6.07, 6.45) is 0. The lowest BCUT2D eigenvalue weighted by molar-refractivity contribution is 0.0531. The Bertz CT molecular complexity index is 837. The van der Waals surface area contributed by atoms with Crippen LogP contribution in [0.4, 0.5) is 0 Å². The second-order valence-electron chi connectivity index (χ2n) is 3.96. The van der Waals surface area contributed by atoms with Crippen LogP contribution in [0.25, 0.3) is 10.2 Å². The summed E-state index contributed by atoms with van der Waals surface area (Å²) in [5, 5.41) is 8.88. The van der Waals surface area contributed by atoms with E-state index in [2.05, 4.69) is 4.98 Å². The molecule has 0 fully saturated rings. The minimum Gasteiger partial charge on any atom is -0.462 e. The van der Waals surface area contributed by atoms with Crippen molar-refractivity contribution in [2.75, 3.05) is 6.61 Å². The molecule has 0 amide bonds. The van der Waals surface area contributed by atoms with E-state index in [4.69, 9.17) is 10.00 Å². The lowest BCUT2D eigenvalue weighted by atomic mass is 10.2.